The molecule has 29 rings (SSSR count). The Balaban J connectivity index is 0.000000111. The molecule has 0 N–H and O–H groups in total. The molecule has 149 heavy (non-hydrogen) atoms. The Kier molecular flexibility index (Phi) is 22.1. The Morgan fingerprint density at radius 2 is 0.436 bits per heavy atom. The average Bonchev–Trinajstić information content (AvgIpc) is 1.65. The Labute approximate surface area is 852 Å². The van der Waals surface area contributed by atoms with E-state index in [9.17, 15) is 0 Å². The lowest BCUT2D eigenvalue weighted by Crippen LogP contribution is -2.00. The molecule has 0 amide bonds. The van der Waals surface area contributed by atoms with Crippen molar-refractivity contribution >= 4 is 120 Å². The molecular formula is C130H80N18O. The summed E-state index contributed by atoms with van der Waals surface area (Å²) in [4.78, 5) is 54.1. The van der Waals surface area contributed by atoms with Gasteiger partial charge in [-0.2, -0.15) is 9.59 Å². The van der Waals surface area contributed by atoms with E-state index in [0.29, 0.717) is 34.3 Å². The van der Waals surface area contributed by atoms with Gasteiger partial charge in [-0.15, -0.1) is 20.4 Å². The van der Waals surface area contributed by atoms with Crippen LogP contribution in [0, 0.1) is 0 Å². The van der Waals surface area contributed by atoms with Crippen molar-refractivity contribution in [3.8, 4) is 158 Å². The molecule has 0 saturated carbocycles. The zero-order chi connectivity index (χ0) is 98.6. The van der Waals surface area contributed by atoms with Crippen LogP contribution in [0.5, 0.6) is 0 Å². The Morgan fingerprint density at radius 3 is 0.832 bits per heavy atom. The average molecular weight is 1910 g/mol. The van der Waals surface area contributed by atoms with Gasteiger partial charge in [-0.05, 0) is 100 Å². The summed E-state index contributed by atoms with van der Waals surface area (Å²) in [5, 5.41) is 40.6. The van der Waals surface area contributed by atoms with E-state index in [-0.39, 0.29) is 0 Å². The maximum atomic E-state index is 5.39. The third-order valence-corrected chi connectivity index (χ3v) is 27.3. The molecule has 29 aromatic rings. The molecular weight excluding hydrogens is 1830 g/mol. The molecule has 0 fully saturated rings. The Hall–Kier alpha value is -20.7. The van der Waals surface area contributed by atoms with E-state index in [1.807, 2.05) is 255 Å². The van der Waals surface area contributed by atoms with Gasteiger partial charge < -0.3 is 0 Å². The summed E-state index contributed by atoms with van der Waals surface area (Å²) in [5.41, 5.74) is 31.6. The fourth-order valence-corrected chi connectivity index (χ4v) is 20.1. The molecule has 0 atom stereocenters. The van der Waals surface area contributed by atoms with Crippen molar-refractivity contribution in [3.63, 3.8) is 0 Å². The highest BCUT2D eigenvalue weighted by atomic mass is 16.6. The monoisotopic (exact) mass is 1910 g/mol. The normalized spacial score (nSPS) is 11.5. The number of para-hydroxylation sites is 5. The van der Waals surface area contributed by atoms with Crippen molar-refractivity contribution < 1.29 is 4.63 Å². The summed E-state index contributed by atoms with van der Waals surface area (Å²) in [7, 11) is 0. The van der Waals surface area contributed by atoms with E-state index in [1.54, 1.807) is 9.59 Å². The van der Waals surface area contributed by atoms with Gasteiger partial charge in [0.15, 0.2) is 23.3 Å². The minimum absolute atomic E-state index is 0.602. The second-order valence-electron chi connectivity index (χ2n) is 36.4. The zero-order valence-corrected chi connectivity index (χ0v) is 79.6. The Morgan fingerprint density at radius 1 is 0.161 bits per heavy atom. The van der Waals surface area contributed by atoms with Crippen LogP contribution >= 0.6 is 0 Å². The van der Waals surface area contributed by atoms with Crippen LogP contribution in [0.15, 0.2) is 490 Å². The van der Waals surface area contributed by atoms with E-state index in [1.165, 1.54) is 0 Å². The van der Waals surface area contributed by atoms with E-state index < -0.39 is 0 Å². The van der Waals surface area contributed by atoms with Crippen LogP contribution in [0.3, 0.4) is 0 Å². The summed E-state index contributed by atoms with van der Waals surface area (Å²) < 4.78 is 5.39. The van der Waals surface area contributed by atoms with Crippen LogP contribution in [-0.4, -0.2) is 90.1 Å². The van der Waals surface area contributed by atoms with Crippen molar-refractivity contribution in [2.24, 2.45) is 0 Å². The van der Waals surface area contributed by atoms with Crippen molar-refractivity contribution in [2.75, 3.05) is 0 Å². The van der Waals surface area contributed by atoms with Crippen molar-refractivity contribution in [1.29, 1.82) is 0 Å². The maximum absolute atomic E-state index is 5.39. The largest absolute Gasteiger partial charge is 0.247 e. The highest BCUT2D eigenvalue weighted by Gasteiger charge is 2.28. The molecule has 0 spiro atoms. The van der Waals surface area contributed by atoms with Gasteiger partial charge in [-0.1, -0.05) is 406 Å². The van der Waals surface area contributed by atoms with Gasteiger partial charge in [-0.25, -0.2) is 54.5 Å². The van der Waals surface area contributed by atoms with Crippen LogP contribution in [0.4, 0.5) is 0 Å². The van der Waals surface area contributed by atoms with E-state index in [0.717, 1.165) is 244 Å². The number of pyridine rings is 5. The molecule has 696 valence electrons. The van der Waals surface area contributed by atoms with Gasteiger partial charge in [-0.3, -0.25) is 0 Å². The fraction of sp³-hybridized carbons (Fsp3) is 0. The predicted octanol–water partition coefficient (Wildman–Crippen LogP) is 30.9. The minimum atomic E-state index is 0.602. The smallest absolute Gasteiger partial charge is 0.164 e. The molecule has 19 nitrogen and oxygen atoms in total. The molecule has 19 heteroatoms. The van der Waals surface area contributed by atoms with Crippen LogP contribution in [0.2, 0.25) is 0 Å². The standard InChI is InChI=1S/C47H30N6.C46H29N7.C37H21N5O/c1-5-15-32(16-6-1)41-30-42(50-47(49-41)35-19-9-3-10-20-35)33-27-25-31(26-28-33)38-29-39-43(46-45(38)51-53(52-46)36-21-11-4-12-22-36)37-23-13-14-24-40(37)48-44(39)34-17-7-2-8-18-34;1-5-15-31(16-6-1)41-38-29-37(42-43(40(38)36-23-13-14-24-39(36)47-41)52-53(51-42)35-21-11-4-12-22-35)30-25-27-34(28-26-30)46-49-44(32-17-7-2-8-18-32)48-45(50-46)33-19-9-3-10-20-33;1-3-9-22(10-4-1)29-19-17-24-15-16-25-18-20-31(40-35(25)34(24)38-29)27-21-28-32(37-36(27)41-43-42-37)26-13-7-8-14-30(26)39-33(28)23-11-5-2-6-12-23/h1-30H;1-29H;1-21H. The molecule has 10 heterocycles. The van der Waals surface area contributed by atoms with E-state index in [4.69, 9.17) is 74.9 Å². The minimum Gasteiger partial charge on any atom is -0.247 e. The van der Waals surface area contributed by atoms with Gasteiger partial charge in [0.2, 0.25) is 0 Å². The number of aromatic nitrogens is 18. The summed E-state index contributed by atoms with van der Waals surface area (Å²) in [6.07, 6.45) is 0. The second kappa shape index (κ2) is 37.6. The molecule has 0 aliphatic rings. The van der Waals surface area contributed by atoms with E-state index >= 15 is 0 Å². The first-order chi connectivity index (χ1) is 73.8. The van der Waals surface area contributed by atoms with Crippen LogP contribution in [0.25, 0.3) is 278 Å². The molecule has 10 aromatic heterocycles. The topological polar surface area (TPSA) is 229 Å². The van der Waals surface area contributed by atoms with Crippen molar-refractivity contribution in [2.45, 2.75) is 0 Å². The van der Waals surface area contributed by atoms with Crippen molar-refractivity contribution in [1.82, 2.24) is 90.1 Å². The van der Waals surface area contributed by atoms with Crippen molar-refractivity contribution in [3.05, 3.63) is 485 Å². The van der Waals surface area contributed by atoms with Crippen LogP contribution in [0.1, 0.15) is 0 Å². The number of hydrogen-bond acceptors (Lipinski definition) is 17. The highest BCUT2D eigenvalue weighted by Crippen LogP contribution is 2.47. The molecule has 0 aliphatic carbocycles. The lowest BCUT2D eigenvalue weighted by Gasteiger charge is -2.13. The molecule has 19 aromatic carbocycles. The van der Waals surface area contributed by atoms with Crippen LogP contribution in [-0.2, 0) is 0 Å². The third kappa shape index (κ3) is 16.4. The molecule has 0 bridgehead atoms. The fourth-order valence-electron chi connectivity index (χ4n) is 20.1. The summed E-state index contributed by atoms with van der Waals surface area (Å²) in [6.45, 7) is 0. The molecule has 0 saturated heterocycles. The first-order valence-corrected chi connectivity index (χ1v) is 49.2. The van der Waals surface area contributed by atoms with Gasteiger partial charge >= 0.3 is 0 Å². The van der Waals surface area contributed by atoms with Gasteiger partial charge in [0.25, 0.3) is 0 Å². The summed E-state index contributed by atoms with van der Waals surface area (Å²) in [5.74, 6) is 2.54. The quantitative estimate of drug-likeness (QED) is 0.0869. The van der Waals surface area contributed by atoms with Crippen LogP contribution < -0.4 is 0 Å². The SMILES string of the molecule is c1ccc(-c2cc(-c3ccc(-c4cc5c(-c6ccccc6)nc6ccccc6c5c5nn(-c6ccccc6)nc45)cc3)nc(-c3ccccc3)n2)cc1.c1ccc(-c2ccc3ccc4ccc(-c5cc6c(-c7ccccc7)nc7ccccc7c6c6nonc56)nc4c3n2)cc1.c1ccc(-c2nc(-c3ccccc3)nc(-c3ccc(-c4cc5c(-c6ccccc6)nc6ccccc6c5c5nn(-c6ccccc6)nc45)cc3)n2)cc1. The zero-order valence-electron chi connectivity index (χ0n) is 79.6. The number of nitrogens with zero attached hydrogens (tertiary/aromatic N) is 18. The lowest BCUT2D eigenvalue weighted by molar-refractivity contribution is 0.316. The van der Waals surface area contributed by atoms with Gasteiger partial charge in [0.05, 0.1) is 78.8 Å². The number of fused-ring (bicyclic) bond motifs is 18. The summed E-state index contributed by atoms with van der Waals surface area (Å²) >= 11 is 0. The number of rotatable bonds is 15. The third-order valence-electron chi connectivity index (χ3n) is 27.3. The first kappa shape index (κ1) is 87.3. The number of hydrogen-bond donors (Lipinski definition) is 0. The van der Waals surface area contributed by atoms with Gasteiger partial charge in [0.1, 0.15) is 33.1 Å². The predicted molar refractivity (Wildman–Crippen MR) is 598 cm³/mol. The molecule has 0 radical (unpaired) electrons. The molecule has 0 aliphatic heterocycles. The summed E-state index contributed by atoms with van der Waals surface area (Å²) in [6, 6.07) is 165. The maximum Gasteiger partial charge on any atom is 0.164 e. The highest BCUT2D eigenvalue weighted by molar-refractivity contribution is 6.26. The number of benzene rings is 19. The first-order valence-electron chi connectivity index (χ1n) is 49.2. The van der Waals surface area contributed by atoms with E-state index in [2.05, 4.69) is 241 Å². The lowest BCUT2D eigenvalue weighted by atomic mass is 9.93. The Bertz CT molecular complexity index is 9650. The molecule has 0 unspecified atom stereocenters. The van der Waals surface area contributed by atoms with Gasteiger partial charge in [0, 0.05) is 132 Å². The second-order valence-corrected chi connectivity index (χ2v) is 36.4.